The van der Waals surface area contributed by atoms with E-state index < -0.39 is 16.1 Å². The summed E-state index contributed by atoms with van der Waals surface area (Å²) in [6.07, 6.45) is 1.60. The van der Waals surface area contributed by atoms with Gasteiger partial charge in [0.15, 0.2) is 0 Å². The molecule has 132 valence electrons. The van der Waals surface area contributed by atoms with Gasteiger partial charge in [-0.2, -0.15) is 0 Å². The number of carbonyl (C=O) groups is 2. The third-order valence-electron chi connectivity index (χ3n) is 3.78. The zero-order valence-corrected chi connectivity index (χ0v) is 14.6. The summed E-state index contributed by atoms with van der Waals surface area (Å²) in [5.74, 6) is 0.166. The molecule has 1 aliphatic rings. The highest BCUT2D eigenvalue weighted by Crippen LogP contribution is 2.34. The normalized spacial score (nSPS) is 15.6. The minimum Gasteiger partial charge on any atom is -0.497 e. The van der Waals surface area contributed by atoms with E-state index in [2.05, 4.69) is 0 Å². The fraction of sp³-hybridized carbons (Fsp3) is 0.111. The van der Waals surface area contributed by atoms with Crippen LogP contribution < -0.4 is 4.74 Å². The number of nitro groups is 1. The molecule has 0 aromatic heterocycles. The third-order valence-corrected chi connectivity index (χ3v) is 4.69. The van der Waals surface area contributed by atoms with Crippen molar-refractivity contribution in [1.82, 2.24) is 4.90 Å². The molecule has 0 aliphatic carbocycles. The summed E-state index contributed by atoms with van der Waals surface area (Å²) < 4.78 is 5.14. The van der Waals surface area contributed by atoms with Crippen LogP contribution in [0, 0.1) is 10.1 Å². The lowest BCUT2D eigenvalue weighted by Crippen LogP contribution is -2.27. The van der Waals surface area contributed by atoms with Crippen molar-refractivity contribution in [3.05, 3.63) is 74.7 Å². The van der Waals surface area contributed by atoms with E-state index in [0.29, 0.717) is 11.3 Å². The molecule has 0 radical (unpaired) electrons. The van der Waals surface area contributed by atoms with E-state index in [0.717, 1.165) is 22.2 Å². The first-order valence-corrected chi connectivity index (χ1v) is 8.43. The highest BCUT2D eigenvalue weighted by atomic mass is 32.2. The number of para-hydroxylation sites is 1. The molecular weight excluding hydrogens is 356 g/mol. The van der Waals surface area contributed by atoms with Gasteiger partial charge in [-0.15, -0.1) is 0 Å². The Morgan fingerprint density at radius 1 is 1.19 bits per heavy atom. The highest BCUT2D eigenvalue weighted by Gasteiger charge is 2.36. The lowest BCUT2D eigenvalue weighted by atomic mass is 10.1. The van der Waals surface area contributed by atoms with Crippen molar-refractivity contribution in [3.63, 3.8) is 0 Å². The molecule has 8 heteroatoms. The first kappa shape index (κ1) is 17.7. The average Bonchev–Trinajstić information content (AvgIpc) is 2.89. The van der Waals surface area contributed by atoms with Gasteiger partial charge in [0, 0.05) is 11.6 Å². The van der Waals surface area contributed by atoms with E-state index in [1.165, 1.54) is 18.2 Å². The SMILES string of the molecule is COc1cccc(/C=C2\SC(=O)N(Cc3ccccc3[N+](=O)[O-])C2=O)c1. The van der Waals surface area contributed by atoms with Gasteiger partial charge in [0.05, 0.1) is 23.5 Å². The largest absolute Gasteiger partial charge is 0.497 e. The first-order chi connectivity index (χ1) is 12.5. The molecule has 2 aromatic rings. The second kappa shape index (κ2) is 7.40. The molecule has 0 atom stereocenters. The predicted molar refractivity (Wildman–Crippen MR) is 97.6 cm³/mol. The van der Waals surface area contributed by atoms with Crippen LogP contribution in [0.15, 0.2) is 53.4 Å². The number of carbonyl (C=O) groups excluding carboxylic acids is 2. The maximum absolute atomic E-state index is 12.6. The molecule has 2 aromatic carbocycles. The Balaban J connectivity index is 1.85. The van der Waals surface area contributed by atoms with E-state index in [-0.39, 0.29) is 17.1 Å². The van der Waals surface area contributed by atoms with Crippen molar-refractivity contribution in [3.8, 4) is 5.75 Å². The Hall–Kier alpha value is -3.13. The maximum atomic E-state index is 12.6. The van der Waals surface area contributed by atoms with Gasteiger partial charge >= 0.3 is 0 Å². The summed E-state index contributed by atoms with van der Waals surface area (Å²) in [7, 11) is 1.54. The van der Waals surface area contributed by atoms with Crippen LogP contribution in [0.4, 0.5) is 10.5 Å². The summed E-state index contributed by atoms with van der Waals surface area (Å²) >= 11 is 0.811. The summed E-state index contributed by atoms with van der Waals surface area (Å²) in [5, 5.41) is 10.7. The van der Waals surface area contributed by atoms with Crippen molar-refractivity contribution in [2.75, 3.05) is 7.11 Å². The Morgan fingerprint density at radius 2 is 1.96 bits per heavy atom. The zero-order valence-electron chi connectivity index (χ0n) is 13.7. The number of hydrogen-bond donors (Lipinski definition) is 0. The smallest absolute Gasteiger partial charge is 0.293 e. The van der Waals surface area contributed by atoms with E-state index in [9.17, 15) is 19.7 Å². The summed E-state index contributed by atoms with van der Waals surface area (Å²) in [6.45, 7) is -0.142. The van der Waals surface area contributed by atoms with Crippen LogP contribution in [0.25, 0.3) is 6.08 Å². The molecule has 0 bridgehead atoms. The second-order valence-electron chi connectivity index (χ2n) is 5.43. The van der Waals surface area contributed by atoms with E-state index in [1.807, 2.05) is 0 Å². The van der Waals surface area contributed by atoms with Gasteiger partial charge in [0.25, 0.3) is 16.8 Å². The molecule has 7 nitrogen and oxygen atoms in total. The standard InChI is InChI=1S/C18H14N2O5S/c1-25-14-7-4-5-12(9-14)10-16-17(21)19(18(22)26-16)11-13-6-2-3-8-15(13)20(23)24/h2-10H,11H2,1H3/b16-10-. The number of nitro benzene ring substituents is 1. The summed E-state index contributed by atoms with van der Waals surface area (Å²) in [6, 6.07) is 13.1. The molecule has 1 aliphatic heterocycles. The van der Waals surface area contributed by atoms with Gasteiger partial charge in [0.2, 0.25) is 0 Å². The molecule has 0 saturated carbocycles. The molecule has 0 spiro atoms. The molecule has 0 unspecified atom stereocenters. The van der Waals surface area contributed by atoms with Crippen LogP contribution in [-0.4, -0.2) is 28.1 Å². The average molecular weight is 370 g/mol. The number of hydrogen-bond acceptors (Lipinski definition) is 6. The van der Waals surface area contributed by atoms with Crippen molar-refractivity contribution in [1.29, 1.82) is 0 Å². The number of thioether (sulfide) groups is 1. The number of imide groups is 1. The molecule has 0 N–H and O–H groups in total. The number of rotatable bonds is 5. The van der Waals surface area contributed by atoms with Gasteiger partial charge < -0.3 is 4.74 Å². The number of ether oxygens (including phenoxy) is 1. The predicted octanol–water partition coefficient (Wildman–Crippen LogP) is 3.84. The quantitative estimate of drug-likeness (QED) is 0.451. The Kier molecular flexibility index (Phi) is 5.04. The third kappa shape index (κ3) is 3.60. The van der Waals surface area contributed by atoms with Gasteiger partial charge in [-0.05, 0) is 35.5 Å². The van der Waals surface area contributed by atoms with Crippen LogP contribution in [-0.2, 0) is 11.3 Å². The first-order valence-electron chi connectivity index (χ1n) is 7.61. The van der Waals surface area contributed by atoms with Gasteiger partial charge in [0.1, 0.15) is 5.75 Å². The Labute approximate surface area is 153 Å². The molecule has 1 heterocycles. The van der Waals surface area contributed by atoms with Crippen molar-refractivity contribution < 1.29 is 19.2 Å². The van der Waals surface area contributed by atoms with Crippen molar-refractivity contribution >= 4 is 34.7 Å². The van der Waals surface area contributed by atoms with Crippen LogP contribution in [0.2, 0.25) is 0 Å². The molecule has 1 fully saturated rings. The minimum absolute atomic E-state index is 0.122. The van der Waals surface area contributed by atoms with Crippen molar-refractivity contribution in [2.45, 2.75) is 6.54 Å². The number of benzene rings is 2. The van der Waals surface area contributed by atoms with Crippen LogP contribution in [0.3, 0.4) is 0 Å². The van der Waals surface area contributed by atoms with Crippen molar-refractivity contribution in [2.24, 2.45) is 0 Å². The van der Waals surface area contributed by atoms with E-state index >= 15 is 0 Å². The van der Waals surface area contributed by atoms with Crippen LogP contribution in [0.1, 0.15) is 11.1 Å². The number of nitrogens with zero attached hydrogens (tertiary/aromatic N) is 2. The molecular formula is C18H14N2O5S. The monoisotopic (exact) mass is 370 g/mol. The fourth-order valence-electron chi connectivity index (χ4n) is 2.51. The highest BCUT2D eigenvalue weighted by molar-refractivity contribution is 8.18. The molecule has 2 amide bonds. The van der Waals surface area contributed by atoms with Gasteiger partial charge in [-0.3, -0.25) is 24.6 Å². The van der Waals surface area contributed by atoms with Crippen LogP contribution in [0.5, 0.6) is 5.75 Å². The second-order valence-corrected chi connectivity index (χ2v) is 6.42. The van der Waals surface area contributed by atoms with E-state index in [1.54, 1.807) is 43.5 Å². The summed E-state index contributed by atoms with van der Waals surface area (Å²) in [4.78, 5) is 36.7. The molecule has 1 saturated heterocycles. The minimum atomic E-state index is -0.527. The number of amides is 2. The molecule has 3 rings (SSSR count). The van der Waals surface area contributed by atoms with Gasteiger partial charge in [-0.25, -0.2) is 0 Å². The summed E-state index contributed by atoms with van der Waals surface area (Å²) in [5.41, 5.74) is 0.909. The lowest BCUT2D eigenvalue weighted by Gasteiger charge is -2.12. The van der Waals surface area contributed by atoms with Crippen LogP contribution >= 0.6 is 11.8 Å². The lowest BCUT2D eigenvalue weighted by molar-refractivity contribution is -0.385. The number of methoxy groups -OCH3 is 1. The van der Waals surface area contributed by atoms with E-state index in [4.69, 9.17) is 4.74 Å². The fourth-order valence-corrected chi connectivity index (χ4v) is 3.35. The topological polar surface area (TPSA) is 89.8 Å². The zero-order chi connectivity index (χ0) is 18.7. The Bertz CT molecular complexity index is 925. The molecule has 26 heavy (non-hydrogen) atoms. The maximum Gasteiger partial charge on any atom is 0.293 e. The Morgan fingerprint density at radius 3 is 2.69 bits per heavy atom. The van der Waals surface area contributed by atoms with Gasteiger partial charge in [-0.1, -0.05) is 30.3 Å².